The van der Waals surface area contributed by atoms with E-state index in [1.54, 1.807) is 0 Å². The van der Waals surface area contributed by atoms with E-state index in [9.17, 15) is 42.7 Å². The number of amides is 3. The molecule has 0 saturated carbocycles. The molecule has 234 valence electrons. The monoisotopic (exact) mass is 674 g/mol. The van der Waals surface area contributed by atoms with Gasteiger partial charge in [0.05, 0.1) is 0 Å². The number of rotatable bonds is 6. The molecule has 2 fully saturated rings. The summed E-state index contributed by atoms with van der Waals surface area (Å²) in [6.07, 6.45) is -0.166. The van der Waals surface area contributed by atoms with Crippen LogP contribution in [0.3, 0.4) is 0 Å². The van der Waals surface area contributed by atoms with Crippen LogP contribution in [0.15, 0.2) is 55.4 Å². The van der Waals surface area contributed by atoms with Crippen molar-refractivity contribution in [2.24, 2.45) is 5.16 Å². The number of carboxylic acid groups (broad SMARTS) is 2. The summed E-state index contributed by atoms with van der Waals surface area (Å²) in [7, 11) is 0. The number of nitrogens with one attached hydrogen (secondary N) is 2. The highest BCUT2D eigenvalue weighted by Crippen LogP contribution is 2.44. The third kappa shape index (κ3) is 6.76. The van der Waals surface area contributed by atoms with Crippen LogP contribution in [0.4, 0.5) is 18.3 Å². The maximum Gasteiger partial charge on any atom is 0.490 e. The van der Waals surface area contributed by atoms with Crippen molar-refractivity contribution in [1.82, 2.24) is 20.5 Å². The lowest BCUT2D eigenvalue weighted by molar-refractivity contribution is -0.192. The van der Waals surface area contributed by atoms with Crippen molar-refractivity contribution in [3.63, 3.8) is 0 Å². The van der Waals surface area contributed by atoms with E-state index >= 15 is 0 Å². The minimum Gasteiger partial charge on any atom is -0.477 e. The van der Waals surface area contributed by atoms with Gasteiger partial charge < -0.3 is 31.8 Å². The van der Waals surface area contributed by atoms with Crippen LogP contribution in [0.25, 0.3) is 0 Å². The van der Waals surface area contributed by atoms with E-state index in [-0.39, 0.29) is 28.2 Å². The normalized spacial score (nSPS) is 23.5. The molecule has 1 aromatic rings. The molecule has 14 nitrogen and oxygen atoms in total. The molecule has 0 bridgehead atoms. The lowest BCUT2D eigenvalue weighted by Gasteiger charge is -2.49. The molecule has 0 aliphatic carbocycles. The van der Waals surface area contributed by atoms with Gasteiger partial charge in [-0.25, -0.2) is 14.6 Å². The Bertz CT molecular complexity index is 1570. The zero-order valence-corrected chi connectivity index (χ0v) is 24.4. The number of alkyl halides is 3. The molecule has 7 N–H and O–H groups in total. The van der Waals surface area contributed by atoms with Gasteiger partial charge in [-0.2, -0.15) is 13.2 Å². The average molecular weight is 675 g/mol. The number of aromatic nitrogens is 1. The Morgan fingerprint density at radius 3 is 2.45 bits per heavy atom. The first kappa shape index (κ1) is 32.6. The molecular weight excluding hydrogens is 653 g/mol. The van der Waals surface area contributed by atoms with E-state index < -0.39 is 47.1 Å². The van der Waals surface area contributed by atoms with Gasteiger partial charge in [0.2, 0.25) is 5.91 Å². The van der Waals surface area contributed by atoms with Crippen LogP contribution in [-0.2, 0) is 24.0 Å². The fourth-order valence-electron chi connectivity index (χ4n) is 4.38. The predicted molar refractivity (Wildman–Crippen MR) is 152 cm³/mol. The van der Waals surface area contributed by atoms with Gasteiger partial charge in [-0.05, 0) is 34.8 Å². The summed E-state index contributed by atoms with van der Waals surface area (Å²) in [5.41, 5.74) is 6.39. The van der Waals surface area contributed by atoms with Gasteiger partial charge >= 0.3 is 18.1 Å². The number of carboxylic acids is 2. The third-order valence-electron chi connectivity index (χ3n) is 6.30. The number of nitrogens with two attached hydrogens (primary N) is 1. The molecule has 44 heavy (non-hydrogen) atoms. The van der Waals surface area contributed by atoms with Crippen LogP contribution in [0.1, 0.15) is 18.5 Å². The van der Waals surface area contributed by atoms with Crippen LogP contribution in [0.5, 0.6) is 0 Å². The molecule has 0 aromatic carbocycles. The van der Waals surface area contributed by atoms with E-state index in [4.69, 9.17) is 15.6 Å². The molecular formula is C24H21F3N6O8S3. The Hall–Kier alpha value is -4.30. The summed E-state index contributed by atoms with van der Waals surface area (Å²) >= 11 is 3.83. The quantitative estimate of drug-likeness (QED) is 0.0833. The largest absolute Gasteiger partial charge is 0.490 e. The van der Waals surface area contributed by atoms with E-state index in [0.29, 0.717) is 36.1 Å². The van der Waals surface area contributed by atoms with Crippen molar-refractivity contribution in [3.05, 3.63) is 56.0 Å². The Labute approximate surface area is 257 Å². The number of nitrogen functional groups attached to an aromatic ring is 1. The van der Waals surface area contributed by atoms with Crippen molar-refractivity contribution < 1.29 is 52.6 Å². The summed E-state index contributed by atoms with van der Waals surface area (Å²) in [6.45, 7) is 0.452. The standard InChI is InChI=1S/C22H20N6O6S3.C2HF3O2/c23-22-25-13(8-37-22)14(27-34)18(30)26-15-19(31)28-16(21(32)33)12(7-36-20(15)28)11(6-9-2-1-5-35-9)10-3-4-24-17(10)29;3-2(4,5)1(6)7/h1,5-6,8,15,20,34H,2-4,7H2,(H2,23,25)(H,24,29)(H,26,30)(H,32,33);(H,6,7)/t15-,20-;/m1./s1. The smallest absolute Gasteiger partial charge is 0.477 e. The number of hydrogen-bond donors (Lipinski definition) is 6. The molecule has 5 heterocycles. The zero-order valence-electron chi connectivity index (χ0n) is 22.0. The van der Waals surface area contributed by atoms with Crippen molar-refractivity contribution >= 4 is 75.4 Å². The van der Waals surface area contributed by atoms with Crippen molar-refractivity contribution in [2.45, 2.75) is 30.4 Å². The van der Waals surface area contributed by atoms with E-state index in [2.05, 4.69) is 20.8 Å². The first-order chi connectivity index (χ1) is 20.7. The van der Waals surface area contributed by atoms with Gasteiger partial charge in [-0.3, -0.25) is 19.3 Å². The summed E-state index contributed by atoms with van der Waals surface area (Å²) in [5, 5.41) is 37.7. The molecule has 0 unspecified atom stereocenters. The molecule has 4 aliphatic rings. The first-order valence-corrected chi connectivity index (χ1v) is 15.0. The Morgan fingerprint density at radius 1 is 1.25 bits per heavy atom. The van der Waals surface area contributed by atoms with E-state index in [0.717, 1.165) is 21.1 Å². The number of aliphatic carboxylic acids is 2. The van der Waals surface area contributed by atoms with Crippen LogP contribution in [0, 0.1) is 0 Å². The highest BCUT2D eigenvalue weighted by Gasteiger charge is 2.55. The number of carbonyl (C=O) groups is 5. The minimum absolute atomic E-state index is 0.0502. The number of halogens is 3. The molecule has 5 rings (SSSR count). The minimum atomic E-state index is -5.08. The number of anilines is 1. The summed E-state index contributed by atoms with van der Waals surface area (Å²) in [4.78, 5) is 65.8. The number of β-lactam (4-membered cyclic amide) rings is 1. The molecule has 4 aliphatic heterocycles. The number of thiazole rings is 1. The maximum atomic E-state index is 13.1. The van der Waals surface area contributed by atoms with Crippen molar-refractivity contribution in [1.29, 1.82) is 0 Å². The number of carbonyl (C=O) groups excluding carboxylic acids is 3. The van der Waals surface area contributed by atoms with Gasteiger partial charge in [-0.15, -0.1) is 34.9 Å². The predicted octanol–water partition coefficient (Wildman–Crippen LogP) is 1.63. The molecule has 20 heteroatoms. The summed E-state index contributed by atoms with van der Waals surface area (Å²) in [6, 6.07) is -1.04. The Kier molecular flexibility index (Phi) is 9.74. The van der Waals surface area contributed by atoms with Crippen LogP contribution in [-0.4, -0.2) is 90.6 Å². The van der Waals surface area contributed by atoms with Crippen LogP contribution in [0.2, 0.25) is 0 Å². The van der Waals surface area contributed by atoms with Crippen molar-refractivity contribution in [2.75, 3.05) is 18.0 Å². The van der Waals surface area contributed by atoms with Gasteiger partial charge in [-0.1, -0.05) is 11.2 Å². The lowest BCUT2D eigenvalue weighted by atomic mass is 9.94. The Balaban J connectivity index is 0.000000566. The van der Waals surface area contributed by atoms with Crippen LogP contribution >= 0.6 is 34.9 Å². The fourth-order valence-corrected chi connectivity index (χ4v) is 7.04. The number of hydrogen-bond acceptors (Lipinski definition) is 12. The van der Waals surface area contributed by atoms with E-state index in [1.807, 2.05) is 17.6 Å². The number of oxime groups is 1. The summed E-state index contributed by atoms with van der Waals surface area (Å²) < 4.78 is 31.7. The van der Waals surface area contributed by atoms with Crippen LogP contribution < -0.4 is 16.4 Å². The SMILES string of the molecule is Nc1nc(C(=NO)C(=O)N[C@@H]2C(=O)N3C(C(=O)O)=C(C(C=C4CC=CS4)=C4CCNC4=O)CS[C@H]23)cs1.O=C(O)C(F)(F)F. The lowest BCUT2D eigenvalue weighted by Crippen LogP contribution is -2.71. The van der Waals surface area contributed by atoms with E-state index in [1.165, 1.54) is 28.9 Å². The van der Waals surface area contributed by atoms with Gasteiger partial charge in [0.25, 0.3) is 11.8 Å². The van der Waals surface area contributed by atoms with Gasteiger partial charge in [0.15, 0.2) is 10.8 Å². The molecule has 0 radical (unpaired) electrons. The average Bonchev–Trinajstić information content (AvgIpc) is 3.73. The second-order valence-corrected chi connectivity index (χ2v) is 12.0. The zero-order chi connectivity index (χ0) is 32.3. The molecule has 0 spiro atoms. The maximum absolute atomic E-state index is 13.1. The second-order valence-electron chi connectivity index (χ2n) is 9.02. The summed E-state index contributed by atoms with van der Waals surface area (Å²) in [5.74, 6) is -5.58. The number of allylic oxidation sites excluding steroid dienone is 4. The molecule has 3 amide bonds. The van der Waals surface area contributed by atoms with Gasteiger partial charge in [0, 0.05) is 28.8 Å². The highest BCUT2D eigenvalue weighted by atomic mass is 32.2. The number of thioether (sulfide) groups is 2. The number of nitrogens with zero attached hydrogens (tertiary/aromatic N) is 3. The van der Waals surface area contributed by atoms with Gasteiger partial charge in [0.1, 0.15) is 22.8 Å². The highest BCUT2D eigenvalue weighted by molar-refractivity contribution is 8.06. The number of fused-ring (bicyclic) bond motifs is 1. The van der Waals surface area contributed by atoms with Crippen molar-refractivity contribution in [3.8, 4) is 0 Å². The fraction of sp³-hybridized carbons (Fsp3) is 0.292. The molecule has 1 aromatic heterocycles. The topological polar surface area (TPSA) is 225 Å². The third-order valence-corrected chi connectivity index (χ3v) is 9.17. The second kappa shape index (κ2) is 13.1. The first-order valence-electron chi connectivity index (χ1n) is 12.2. The molecule has 2 atom stereocenters. The Morgan fingerprint density at radius 2 is 1.95 bits per heavy atom. The molecule has 2 saturated heterocycles.